The smallest absolute Gasteiger partial charge is 0.336 e. The molecule has 4 aromatic rings. The molecule has 0 unspecified atom stereocenters. The molecule has 2 aromatic carbocycles. The quantitative estimate of drug-likeness (QED) is 0.476. The summed E-state index contributed by atoms with van der Waals surface area (Å²) in [5, 5.41) is 1.88. The monoisotopic (exact) mass is 334 g/mol. The molecule has 4 nitrogen and oxygen atoms in total. The molecule has 0 fully saturated rings. The first-order chi connectivity index (χ1) is 12.0. The van der Waals surface area contributed by atoms with E-state index in [1.165, 1.54) is 6.07 Å². The van der Waals surface area contributed by atoms with E-state index in [4.69, 9.17) is 13.6 Å². The average molecular weight is 334 g/mol. The average Bonchev–Trinajstić information content (AvgIpc) is 2.91. The van der Waals surface area contributed by atoms with E-state index < -0.39 is 0 Å². The number of furan rings is 1. The van der Waals surface area contributed by atoms with Crippen molar-refractivity contribution in [3.63, 3.8) is 0 Å². The molecule has 0 aliphatic rings. The zero-order chi connectivity index (χ0) is 17.7. The number of hydrogen-bond donors (Lipinski definition) is 0. The molecular formula is C21H18O4. The highest BCUT2D eigenvalue weighted by atomic mass is 16.5. The standard InChI is InChI=1S/C21H18O4/c1-11-7-12(2)20-16(8-11)17(10-19(22)25-20)21-13(3)15-6-5-14(23-4)9-18(15)24-21/h5-10H,1-4H3. The van der Waals surface area contributed by atoms with Crippen LogP contribution in [0.1, 0.15) is 16.7 Å². The molecule has 0 saturated carbocycles. The molecule has 0 N–H and O–H groups in total. The van der Waals surface area contributed by atoms with Crippen molar-refractivity contribution in [1.82, 2.24) is 0 Å². The summed E-state index contributed by atoms with van der Waals surface area (Å²) >= 11 is 0. The Morgan fingerprint density at radius 3 is 2.48 bits per heavy atom. The first kappa shape index (κ1) is 15.5. The zero-order valence-electron chi connectivity index (χ0n) is 14.6. The van der Waals surface area contributed by atoms with Gasteiger partial charge in [-0.3, -0.25) is 0 Å². The molecule has 126 valence electrons. The van der Waals surface area contributed by atoms with Crippen molar-refractivity contribution in [3.05, 3.63) is 63.5 Å². The highest BCUT2D eigenvalue weighted by Crippen LogP contribution is 2.38. The minimum absolute atomic E-state index is 0.383. The van der Waals surface area contributed by atoms with Gasteiger partial charge in [-0.2, -0.15) is 0 Å². The molecule has 0 saturated heterocycles. The van der Waals surface area contributed by atoms with Crippen molar-refractivity contribution in [2.24, 2.45) is 0 Å². The third-order valence-electron chi connectivity index (χ3n) is 4.56. The van der Waals surface area contributed by atoms with Crippen LogP contribution in [0.3, 0.4) is 0 Å². The van der Waals surface area contributed by atoms with E-state index in [1.807, 2.05) is 51.1 Å². The van der Waals surface area contributed by atoms with E-state index in [0.29, 0.717) is 11.3 Å². The summed E-state index contributed by atoms with van der Waals surface area (Å²) < 4.78 is 16.8. The highest BCUT2D eigenvalue weighted by molar-refractivity contribution is 5.98. The second-order valence-electron chi connectivity index (χ2n) is 6.36. The number of hydrogen-bond acceptors (Lipinski definition) is 4. The number of benzene rings is 2. The fraction of sp³-hybridized carbons (Fsp3) is 0.190. The lowest BCUT2D eigenvalue weighted by Gasteiger charge is -2.07. The lowest BCUT2D eigenvalue weighted by atomic mass is 10.00. The Labute approximate surface area is 144 Å². The lowest BCUT2D eigenvalue weighted by Crippen LogP contribution is -1.99. The number of aryl methyl sites for hydroxylation is 3. The third kappa shape index (κ3) is 2.41. The van der Waals surface area contributed by atoms with Crippen molar-refractivity contribution < 1.29 is 13.6 Å². The van der Waals surface area contributed by atoms with Gasteiger partial charge in [0, 0.05) is 34.0 Å². The molecule has 0 aliphatic heterocycles. The fourth-order valence-electron chi connectivity index (χ4n) is 3.39. The Morgan fingerprint density at radius 2 is 1.72 bits per heavy atom. The summed E-state index contributed by atoms with van der Waals surface area (Å²) in [6, 6.07) is 11.3. The Morgan fingerprint density at radius 1 is 0.920 bits per heavy atom. The van der Waals surface area contributed by atoms with Crippen LogP contribution in [-0.4, -0.2) is 7.11 Å². The molecule has 4 rings (SSSR count). The summed E-state index contributed by atoms with van der Waals surface area (Å²) in [6.45, 7) is 5.97. The minimum Gasteiger partial charge on any atom is -0.497 e. The fourth-order valence-corrected chi connectivity index (χ4v) is 3.39. The van der Waals surface area contributed by atoms with Gasteiger partial charge in [-0.05, 0) is 50.1 Å². The highest BCUT2D eigenvalue weighted by Gasteiger charge is 2.18. The summed E-state index contributed by atoms with van der Waals surface area (Å²) in [5.74, 6) is 1.42. The van der Waals surface area contributed by atoms with Crippen molar-refractivity contribution >= 4 is 21.9 Å². The maximum Gasteiger partial charge on any atom is 0.336 e. The number of fused-ring (bicyclic) bond motifs is 2. The van der Waals surface area contributed by atoms with E-state index >= 15 is 0 Å². The van der Waals surface area contributed by atoms with Crippen LogP contribution < -0.4 is 10.4 Å². The molecule has 25 heavy (non-hydrogen) atoms. The summed E-state index contributed by atoms with van der Waals surface area (Å²) in [4.78, 5) is 12.1. The van der Waals surface area contributed by atoms with Gasteiger partial charge in [-0.15, -0.1) is 0 Å². The van der Waals surface area contributed by atoms with Gasteiger partial charge in [0.1, 0.15) is 22.7 Å². The van der Waals surface area contributed by atoms with Crippen molar-refractivity contribution in [2.45, 2.75) is 20.8 Å². The predicted octanol–water partition coefficient (Wildman–Crippen LogP) is 5.14. The van der Waals surface area contributed by atoms with Gasteiger partial charge >= 0.3 is 5.63 Å². The van der Waals surface area contributed by atoms with E-state index in [-0.39, 0.29) is 5.63 Å². The lowest BCUT2D eigenvalue weighted by molar-refractivity contribution is 0.414. The topological polar surface area (TPSA) is 52.6 Å². The van der Waals surface area contributed by atoms with Gasteiger partial charge < -0.3 is 13.6 Å². The van der Waals surface area contributed by atoms with E-state index in [9.17, 15) is 4.79 Å². The van der Waals surface area contributed by atoms with Crippen molar-refractivity contribution in [3.8, 4) is 17.1 Å². The van der Waals surface area contributed by atoms with Crippen molar-refractivity contribution in [1.29, 1.82) is 0 Å². The normalized spacial score (nSPS) is 11.4. The Bertz CT molecular complexity index is 1180. The van der Waals surface area contributed by atoms with Crippen LogP contribution >= 0.6 is 0 Å². The maximum absolute atomic E-state index is 12.1. The van der Waals surface area contributed by atoms with Crippen LogP contribution in [0, 0.1) is 20.8 Å². The molecule has 0 spiro atoms. The van der Waals surface area contributed by atoms with Gasteiger partial charge in [-0.1, -0.05) is 6.07 Å². The molecule has 0 atom stereocenters. The van der Waals surface area contributed by atoms with Gasteiger partial charge in [0.15, 0.2) is 0 Å². The van der Waals surface area contributed by atoms with Crippen molar-refractivity contribution in [2.75, 3.05) is 7.11 Å². The number of rotatable bonds is 2. The second kappa shape index (κ2) is 5.52. The summed E-state index contributed by atoms with van der Waals surface area (Å²) in [6.07, 6.45) is 0. The molecule has 0 aliphatic carbocycles. The Balaban J connectivity index is 2.09. The molecule has 0 amide bonds. The van der Waals surface area contributed by atoms with Gasteiger partial charge in [0.25, 0.3) is 0 Å². The molecule has 2 heterocycles. The van der Waals surface area contributed by atoms with Crippen LogP contribution in [0.2, 0.25) is 0 Å². The van der Waals surface area contributed by atoms with Crippen LogP contribution in [0.5, 0.6) is 5.75 Å². The molecular weight excluding hydrogens is 316 g/mol. The first-order valence-electron chi connectivity index (χ1n) is 8.10. The third-order valence-corrected chi connectivity index (χ3v) is 4.56. The van der Waals surface area contributed by atoms with Gasteiger partial charge in [-0.25, -0.2) is 4.79 Å². The van der Waals surface area contributed by atoms with E-state index in [0.717, 1.165) is 44.4 Å². The van der Waals surface area contributed by atoms with Crippen LogP contribution in [0.25, 0.3) is 33.3 Å². The zero-order valence-corrected chi connectivity index (χ0v) is 14.6. The second-order valence-corrected chi connectivity index (χ2v) is 6.36. The minimum atomic E-state index is -0.383. The molecule has 0 bridgehead atoms. The van der Waals surface area contributed by atoms with Crippen LogP contribution in [0.4, 0.5) is 0 Å². The summed E-state index contributed by atoms with van der Waals surface area (Å²) in [7, 11) is 1.62. The Hall–Kier alpha value is -3.01. The molecule has 0 radical (unpaired) electrons. The van der Waals surface area contributed by atoms with Gasteiger partial charge in [0.05, 0.1) is 7.11 Å². The van der Waals surface area contributed by atoms with E-state index in [1.54, 1.807) is 7.11 Å². The SMILES string of the molecule is COc1ccc2c(C)c(-c3cc(=O)oc4c(C)cc(C)cc34)oc2c1. The van der Waals surface area contributed by atoms with Crippen LogP contribution in [0.15, 0.2) is 50.0 Å². The van der Waals surface area contributed by atoms with Gasteiger partial charge in [0.2, 0.25) is 0 Å². The summed E-state index contributed by atoms with van der Waals surface area (Å²) in [5.41, 5.74) is 4.74. The maximum atomic E-state index is 12.1. The largest absolute Gasteiger partial charge is 0.497 e. The van der Waals surface area contributed by atoms with E-state index in [2.05, 4.69) is 0 Å². The first-order valence-corrected chi connectivity index (χ1v) is 8.10. The molecule has 4 heteroatoms. The Kier molecular flexibility index (Phi) is 3.42. The molecule has 2 aromatic heterocycles. The number of ether oxygens (including phenoxy) is 1. The van der Waals surface area contributed by atoms with Crippen LogP contribution in [-0.2, 0) is 0 Å². The number of methoxy groups -OCH3 is 1. The predicted molar refractivity (Wildman–Crippen MR) is 98.5 cm³/mol.